The van der Waals surface area contributed by atoms with Gasteiger partial charge in [0.05, 0.1) is 12.6 Å². The molecular formula is C18H23N3O. The normalized spacial score (nSPS) is 24.0. The highest BCUT2D eigenvalue weighted by Gasteiger charge is 2.36. The molecular weight excluding hydrogens is 274 g/mol. The highest BCUT2D eigenvalue weighted by Crippen LogP contribution is 2.32. The molecule has 0 radical (unpaired) electrons. The van der Waals surface area contributed by atoms with Crippen LogP contribution in [0.3, 0.4) is 0 Å². The van der Waals surface area contributed by atoms with Crippen LogP contribution in [0.1, 0.15) is 50.1 Å². The van der Waals surface area contributed by atoms with Gasteiger partial charge in [0.2, 0.25) is 5.91 Å². The molecule has 4 heteroatoms. The number of amides is 1. The Labute approximate surface area is 132 Å². The van der Waals surface area contributed by atoms with E-state index >= 15 is 0 Å². The summed E-state index contributed by atoms with van der Waals surface area (Å²) in [7, 11) is 0. The third kappa shape index (κ3) is 3.15. The summed E-state index contributed by atoms with van der Waals surface area (Å²) in [5.74, 6) is -0.00807. The Morgan fingerprint density at radius 3 is 2.68 bits per heavy atom. The van der Waals surface area contributed by atoms with Gasteiger partial charge in [-0.1, -0.05) is 30.3 Å². The van der Waals surface area contributed by atoms with Crippen molar-refractivity contribution >= 4 is 5.91 Å². The van der Waals surface area contributed by atoms with Crippen molar-refractivity contribution in [3.8, 4) is 6.07 Å². The van der Waals surface area contributed by atoms with Gasteiger partial charge in [0.1, 0.15) is 5.54 Å². The molecule has 2 aliphatic rings. The van der Waals surface area contributed by atoms with E-state index in [0.717, 1.165) is 45.1 Å². The van der Waals surface area contributed by atoms with Crippen molar-refractivity contribution in [3.63, 3.8) is 0 Å². The minimum absolute atomic E-state index is 0.00807. The van der Waals surface area contributed by atoms with Crippen LogP contribution >= 0.6 is 0 Å². The summed E-state index contributed by atoms with van der Waals surface area (Å²) in [5, 5.41) is 12.4. The Hall–Kier alpha value is -1.86. The van der Waals surface area contributed by atoms with Crippen molar-refractivity contribution < 1.29 is 4.79 Å². The number of nitrogens with one attached hydrogen (secondary N) is 1. The molecule has 4 nitrogen and oxygen atoms in total. The smallest absolute Gasteiger partial charge is 0.235 e. The standard InChI is InChI=1S/C18H23N3O/c19-14-18(10-4-5-11-18)20-17(22)13-21-12-6-9-16(21)15-7-2-1-3-8-15/h1-3,7-8,16H,4-6,9-13H2,(H,20,22). The molecule has 1 atom stereocenters. The van der Waals surface area contributed by atoms with E-state index in [-0.39, 0.29) is 5.91 Å². The van der Waals surface area contributed by atoms with E-state index in [4.69, 9.17) is 0 Å². The second-order valence-electron chi connectivity index (χ2n) is 6.49. The Morgan fingerprint density at radius 2 is 2.00 bits per heavy atom. The number of likely N-dealkylation sites (tertiary alicyclic amines) is 1. The highest BCUT2D eigenvalue weighted by atomic mass is 16.2. The number of benzene rings is 1. The predicted octanol–water partition coefficient (Wildman–Crippen LogP) is 2.78. The van der Waals surface area contributed by atoms with E-state index in [0.29, 0.717) is 12.6 Å². The highest BCUT2D eigenvalue weighted by molar-refractivity contribution is 5.79. The van der Waals surface area contributed by atoms with Crippen LogP contribution in [0.2, 0.25) is 0 Å². The van der Waals surface area contributed by atoms with Gasteiger partial charge in [-0.3, -0.25) is 9.69 Å². The first-order valence-corrected chi connectivity index (χ1v) is 8.24. The average molecular weight is 297 g/mol. The van der Waals surface area contributed by atoms with Crippen molar-refractivity contribution in [2.75, 3.05) is 13.1 Å². The Kier molecular flexibility index (Phi) is 4.44. The first-order chi connectivity index (χ1) is 10.7. The maximum atomic E-state index is 12.4. The SMILES string of the molecule is N#CC1(NC(=O)CN2CCCC2c2ccccc2)CCCC1. The van der Waals surface area contributed by atoms with Gasteiger partial charge >= 0.3 is 0 Å². The lowest BCUT2D eigenvalue weighted by molar-refractivity contribution is -0.123. The van der Waals surface area contributed by atoms with Crippen LogP contribution in [0.25, 0.3) is 0 Å². The summed E-state index contributed by atoms with van der Waals surface area (Å²) < 4.78 is 0. The quantitative estimate of drug-likeness (QED) is 0.929. The molecule has 1 unspecified atom stereocenters. The van der Waals surface area contributed by atoms with E-state index in [1.807, 2.05) is 6.07 Å². The van der Waals surface area contributed by atoms with Gasteiger partial charge in [-0.15, -0.1) is 0 Å². The van der Waals surface area contributed by atoms with Crippen molar-refractivity contribution in [1.82, 2.24) is 10.2 Å². The van der Waals surface area contributed by atoms with E-state index in [1.165, 1.54) is 5.56 Å². The molecule has 0 spiro atoms. The van der Waals surface area contributed by atoms with Gasteiger partial charge in [-0.25, -0.2) is 0 Å². The van der Waals surface area contributed by atoms with E-state index in [2.05, 4.69) is 40.6 Å². The zero-order chi connectivity index (χ0) is 15.4. The van der Waals surface area contributed by atoms with Crippen LogP contribution in [0.4, 0.5) is 0 Å². The van der Waals surface area contributed by atoms with Crippen LogP contribution in [-0.4, -0.2) is 29.4 Å². The molecule has 2 fully saturated rings. The molecule has 1 saturated carbocycles. The van der Waals surface area contributed by atoms with Crippen LogP contribution in [0.15, 0.2) is 30.3 Å². The molecule has 0 bridgehead atoms. The summed E-state index contributed by atoms with van der Waals surface area (Å²) in [5.41, 5.74) is 0.669. The van der Waals surface area contributed by atoms with Crippen molar-refractivity contribution in [2.24, 2.45) is 0 Å². The van der Waals surface area contributed by atoms with Crippen molar-refractivity contribution in [3.05, 3.63) is 35.9 Å². The van der Waals surface area contributed by atoms with Crippen molar-refractivity contribution in [1.29, 1.82) is 5.26 Å². The Morgan fingerprint density at radius 1 is 1.27 bits per heavy atom. The van der Waals surface area contributed by atoms with Gasteiger partial charge < -0.3 is 5.32 Å². The number of carbonyl (C=O) groups excluding carboxylic acids is 1. The third-order valence-electron chi connectivity index (χ3n) is 4.94. The maximum Gasteiger partial charge on any atom is 0.235 e. The summed E-state index contributed by atoms with van der Waals surface area (Å²) in [4.78, 5) is 14.6. The Bertz CT molecular complexity index is 557. The number of nitrogens with zero attached hydrogens (tertiary/aromatic N) is 2. The zero-order valence-corrected chi connectivity index (χ0v) is 12.9. The summed E-state index contributed by atoms with van der Waals surface area (Å²) in [6.07, 6.45) is 5.86. The van der Waals surface area contributed by atoms with Gasteiger partial charge in [-0.2, -0.15) is 5.26 Å². The number of hydrogen-bond acceptors (Lipinski definition) is 3. The molecule has 22 heavy (non-hydrogen) atoms. The fraction of sp³-hybridized carbons (Fsp3) is 0.556. The summed E-state index contributed by atoms with van der Waals surface area (Å²) in [6.45, 7) is 1.34. The lowest BCUT2D eigenvalue weighted by Gasteiger charge is -2.27. The zero-order valence-electron chi connectivity index (χ0n) is 12.9. The molecule has 116 valence electrons. The van der Waals surface area contributed by atoms with Crippen LogP contribution < -0.4 is 5.32 Å². The van der Waals surface area contributed by atoms with Gasteiger partial charge in [0.15, 0.2) is 0 Å². The van der Waals surface area contributed by atoms with E-state index in [9.17, 15) is 10.1 Å². The third-order valence-corrected chi connectivity index (χ3v) is 4.94. The average Bonchev–Trinajstić information content (AvgIpc) is 3.18. The molecule has 1 aromatic rings. The molecule has 0 aromatic heterocycles. The summed E-state index contributed by atoms with van der Waals surface area (Å²) >= 11 is 0. The molecule has 1 aromatic carbocycles. The van der Waals surface area contributed by atoms with Crippen LogP contribution in [-0.2, 0) is 4.79 Å². The predicted molar refractivity (Wildman–Crippen MR) is 84.9 cm³/mol. The second kappa shape index (κ2) is 6.50. The van der Waals surface area contributed by atoms with Gasteiger partial charge in [0, 0.05) is 6.04 Å². The molecule has 1 aliphatic carbocycles. The minimum atomic E-state index is -0.612. The molecule has 1 N–H and O–H groups in total. The maximum absolute atomic E-state index is 12.4. The fourth-order valence-electron chi connectivity index (χ4n) is 3.80. The van der Waals surface area contributed by atoms with Crippen LogP contribution in [0, 0.1) is 11.3 Å². The summed E-state index contributed by atoms with van der Waals surface area (Å²) in [6, 6.07) is 13.0. The number of hydrogen-bond donors (Lipinski definition) is 1. The van der Waals surface area contributed by atoms with Crippen LogP contribution in [0.5, 0.6) is 0 Å². The second-order valence-corrected chi connectivity index (χ2v) is 6.49. The fourth-order valence-corrected chi connectivity index (χ4v) is 3.80. The molecule has 1 saturated heterocycles. The van der Waals surface area contributed by atoms with E-state index < -0.39 is 5.54 Å². The lowest BCUT2D eigenvalue weighted by atomic mass is 10.00. The minimum Gasteiger partial charge on any atom is -0.337 e. The first-order valence-electron chi connectivity index (χ1n) is 8.24. The van der Waals surface area contributed by atoms with Crippen molar-refractivity contribution in [2.45, 2.75) is 50.1 Å². The number of carbonyl (C=O) groups is 1. The number of nitriles is 1. The topological polar surface area (TPSA) is 56.1 Å². The van der Waals surface area contributed by atoms with Gasteiger partial charge in [0.25, 0.3) is 0 Å². The molecule has 1 heterocycles. The van der Waals surface area contributed by atoms with Gasteiger partial charge in [-0.05, 0) is 50.6 Å². The molecule has 3 rings (SSSR count). The number of rotatable bonds is 4. The van der Waals surface area contributed by atoms with E-state index in [1.54, 1.807) is 0 Å². The molecule has 1 aliphatic heterocycles. The molecule has 1 amide bonds. The first kappa shape index (κ1) is 15.1. The monoisotopic (exact) mass is 297 g/mol. The Balaban J connectivity index is 1.62. The largest absolute Gasteiger partial charge is 0.337 e. The lowest BCUT2D eigenvalue weighted by Crippen LogP contribution is -2.48.